The van der Waals surface area contributed by atoms with E-state index in [1.165, 1.54) is 6.92 Å². The van der Waals surface area contributed by atoms with Crippen LogP contribution in [0, 0.1) is 28.6 Å². The van der Waals surface area contributed by atoms with Crippen molar-refractivity contribution in [3.8, 4) is 0 Å². The van der Waals surface area contributed by atoms with Crippen LogP contribution in [0.1, 0.15) is 85.5 Å². The number of fused-ring (bicyclic) bond motifs is 6. The smallest absolute Gasteiger partial charge is 0.302 e. The Bertz CT molecular complexity index is 773. The Hall–Kier alpha value is -0.810. The summed E-state index contributed by atoms with van der Waals surface area (Å²) in [5.74, 6) is 0.842. The van der Waals surface area contributed by atoms with E-state index in [9.17, 15) is 9.59 Å². The number of esters is 1. The molecule has 5 aliphatic rings. The van der Waals surface area contributed by atoms with Gasteiger partial charge in [-0.25, -0.2) is 0 Å². The summed E-state index contributed by atoms with van der Waals surface area (Å²) in [6, 6.07) is 0. The summed E-state index contributed by atoms with van der Waals surface area (Å²) in [4.78, 5) is 22.3. The Morgan fingerprint density at radius 3 is 2.37 bits per heavy atom. The summed E-state index contributed by atoms with van der Waals surface area (Å²) >= 11 is 7.37. The molecule has 0 N–H and O–H groups in total. The molecule has 0 radical (unpaired) electrons. The highest BCUT2D eigenvalue weighted by Gasteiger charge is 2.82. The van der Waals surface area contributed by atoms with Crippen LogP contribution in [0.25, 0.3) is 0 Å². The lowest BCUT2D eigenvalue weighted by Gasteiger charge is -2.63. The number of ether oxygens (including phenoxy) is 3. The lowest BCUT2D eigenvalue weighted by Crippen LogP contribution is -2.61. The van der Waals surface area contributed by atoms with Crippen LogP contribution in [-0.2, 0) is 23.8 Å². The van der Waals surface area contributed by atoms with E-state index >= 15 is 0 Å². The minimum atomic E-state index is -0.762. The molecular formula is C24H35ClO5. The van der Waals surface area contributed by atoms with Gasteiger partial charge in [0.1, 0.15) is 11.7 Å². The number of hydrogen-bond donors (Lipinski definition) is 0. The third kappa shape index (κ3) is 2.45. The van der Waals surface area contributed by atoms with Crippen LogP contribution in [0.4, 0.5) is 0 Å². The number of alkyl halides is 1. The van der Waals surface area contributed by atoms with Gasteiger partial charge in [-0.3, -0.25) is 9.59 Å². The lowest BCUT2D eigenvalue weighted by atomic mass is 9.44. The van der Waals surface area contributed by atoms with Crippen LogP contribution in [0.15, 0.2) is 0 Å². The van der Waals surface area contributed by atoms with Gasteiger partial charge in [-0.1, -0.05) is 13.8 Å². The first-order valence-electron chi connectivity index (χ1n) is 11.7. The van der Waals surface area contributed by atoms with E-state index in [0.29, 0.717) is 24.2 Å². The SMILES string of the molecule is CC(=O)O[C@H]1CC[C@]2(C)[C@H]3CC[C@@]4(C)[C@@H](CC[C@@]45OC5(C)OC=O)[C@@H]3CC[C@@]2(Cl)C1. The third-order valence-corrected chi connectivity index (χ3v) is 11.3. The number of carbonyl (C=O) groups excluding carboxylic acids is 2. The molecular weight excluding hydrogens is 404 g/mol. The van der Waals surface area contributed by atoms with Gasteiger partial charge in [0.2, 0.25) is 5.79 Å². The first-order valence-corrected chi connectivity index (χ1v) is 12.1. The molecule has 4 aliphatic carbocycles. The molecule has 1 saturated heterocycles. The minimum absolute atomic E-state index is 0.0452. The lowest BCUT2D eigenvalue weighted by molar-refractivity contribution is -0.157. The van der Waals surface area contributed by atoms with Crippen LogP contribution in [0.5, 0.6) is 0 Å². The van der Waals surface area contributed by atoms with Crippen molar-refractivity contribution in [2.45, 2.75) is 108 Å². The van der Waals surface area contributed by atoms with E-state index in [-0.39, 0.29) is 33.4 Å². The Morgan fingerprint density at radius 1 is 1.00 bits per heavy atom. The molecule has 6 heteroatoms. The maximum absolute atomic E-state index is 11.5. The average molecular weight is 439 g/mol. The van der Waals surface area contributed by atoms with Crippen LogP contribution < -0.4 is 0 Å². The van der Waals surface area contributed by atoms with E-state index in [1.54, 1.807) is 0 Å². The molecule has 5 fully saturated rings. The van der Waals surface area contributed by atoms with Gasteiger partial charge in [0.25, 0.3) is 6.47 Å². The van der Waals surface area contributed by atoms with Gasteiger partial charge in [0, 0.05) is 25.7 Å². The fourth-order valence-electron chi connectivity index (χ4n) is 8.93. The molecule has 0 aromatic carbocycles. The molecule has 4 saturated carbocycles. The van der Waals surface area contributed by atoms with Gasteiger partial charge in [-0.2, -0.15) is 0 Å². The first kappa shape index (κ1) is 21.1. The molecule has 0 amide bonds. The standard InChI is InChI=1S/C24H35ClO5/c1-15(27)29-16-5-9-20(2)18-7-10-21(3)19(17(18)6-11-23(20,25)13-16)8-12-24(21)22(4,30-24)28-14-26/h14,16-19H,5-13H2,1-4H3/t16-,17+,18-,19-,20+,21-,22?,23+,24+/m0/s1. The molecule has 5 nitrogen and oxygen atoms in total. The summed E-state index contributed by atoms with van der Waals surface area (Å²) in [6.07, 6.45) is 9.10. The number of hydrogen-bond acceptors (Lipinski definition) is 5. The van der Waals surface area contributed by atoms with Crippen LogP contribution in [-0.4, -0.2) is 34.8 Å². The maximum atomic E-state index is 11.5. The number of epoxide rings is 1. The molecule has 1 heterocycles. The van der Waals surface area contributed by atoms with Crippen molar-refractivity contribution in [2.75, 3.05) is 0 Å². The third-order valence-electron chi connectivity index (χ3n) is 10.5. The molecule has 30 heavy (non-hydrogen) atoms. The summed E-state index contributed by atoms with van der Waals surface area (Å²) in [5, 5.41) is 0. The highest BCUT2D eigenvalue weighted by molar-refractivity contribution is 6.24. The van der Waals surface area contributed by atoms with Gasteiger partial charge in [0.15, 0.2) is 0 Å². The second-order valence-electron chi connectivity index (χ2n) is 11.4. The molecule has 0 aromatic rings. The molecule has 9 atom stereocenters. The van der Waals surface area contributed by atoms with Crippen molar-refractivity contribution in [3.05, 3.63) is 0 Å². The van der Waals surface area contributed by atoms with Crippen LogP contribution in [0.2, 0.25) is 0 Å². The fourth-order valence-corrected chi connectivity index (χ4v) is 9.44. The van der Waals surface area contributed by atoms with Gasteiger partial charge in [-0.05, 0) is 74.5 Å². The Kier molecular flexibility index (Phi) is 4.47. The molecule has 168 valence electrons. The monoisotopic (exact) mass is 438 g/mol. The molecule has 1 unspecified atom stereocenters. The molecule has 1 aliphatic heterocycles. The number of rotatable bonds is 3. The van der Waals surface area contributed by atoms with Crippen LogP contribution >= 0.6 is 11.6 Å². The van der Waals surface area contributed by atoms with E-state index in [1.807, 2.05) is 6.92 Å². The van der Waals surface area contributed by atoms with Crippen molar-refractivity contribution in [1.29, 1.82) is 0 Å². The largest absolute Gasteiger partial charge is 0.462 e. The summed E-state index contributed by atoms with van der Waals surface area (Å²) in [6.45, 7) is 8.75. The molecule has 5 rings (SSSR count). The van der Waals surface area contributed by atoms with Crippen molar-refractivity contribution in [3.63, 3.8) is 0 Å². The predicted molar refractivity (Wildman–Crippen MR) is 112 cm³/mol. The van der Waals surface area contributed by atoms with E-state index in [4.69, 9.17) is 25.8 Å². The zero-order valence-corrected chi connectivity index (χ0v) is 19.4. The molecule has 1 spiro atoms. The van der Waals surface area contributed by atoms with Crippen LogP contribution in [0.3, 0.4) is 0 Å². The Morgan fingerprint density at radius 2 is 1.67 bits per heavy atom. The Balaban J connectivity index is 1.40. The highest BCUT2D eigenvalue weighted by atomic mass is 35.5. The van der Waals surface area contributed by atoms with Crippen molar-refractivity contribution in [2.24, 2.45) is 28.6 Å². The quantitative estimate of drug-likeness (QED) is 0.269. The summed E-state index contributed by atoms with van der Waals surface area (Å²) in [7, 11) is 0. The van der Waals surface area contributed by atoms with E-state index in [2.05, 4.69) is 13.8 Å². The second-order valence-corrected chi connectivity index (χ2v) is 12.1. The number of carbonyl (C=O) groups is 2. The zero-order chi connectivity index (χ0) is 21.6. The maximum Gasteiger partial charge on any atom is 0.302 e. The predicted octanol–water partition coefficient (Wildman–Crippen LogP) is 4.98. The van der Waals surface area contributed by atoms with Crippen molar-refractivity contribution >= 4 is 24.0 Å². The van der Waals surface area contributed by atoms with Gasteiger partial charge < -0.3 is 14.2 Å². The molecule has 0 bridgehead atoms. The minimum Gasteiger partial charge on any atom is -0.462 e. The average Bonchev–Trinajstić information content (AvgIpc) is 3.14. The highest BCUT2D eigenvalue weighted by Crippen LogP contribution is 2.76. The normalized spacial score (nSPS) is 56.4. The van der Waals surface area contributed by atoms with Gasteiger partial charge in [-0.15, -0.1) is 11.6 Å². The Labute approximate surface area is 184 Å². The summed E-state index contributed by atoms with van der Waals surface area (Å²) in [5.41, 5.74) is -0.207. The first-order chi connectivity index (χ1) is 14.0. The van der Waals surface area contributed by atoms with Gasteiger partial charge in [0.05, 0.1) is 4.87 Å². The fraction of sp³-hybridized carbons (Fsp3) is 0.917. The summed E-state index contributed by atoms with van der Waals surface area (Å²) < 4.78 is 17.2. The molecule has 0 aromatic heterocycles. The second kappa shape index (κ2) is 6.37. The van der Waals surface area contributed by atoms with E-state index in [0.717, 1.165) is 57.8 Å². The van der Waals surface area contributed by atoms with Gasteiger partial charge >= 0.3 is 5.97 Å². The van der Waals surface area contributed by atoms with E-state index < -0.39 is 5.79 Å². The van der Waals surface area contributed by atoms with Crippen molar-refractivity contribution < 1.29 is 23.8 Å². The zero-order valence-electron chi connectivity index (χ0n) is 18.7. The van der Waals surface area contributed by atoms with Crippen molar-refractivity contribution in [1.82, 2.24) is 0 Å². The topological polar surface area (TPSA) is 65.1 Å². The number of halogens is 1.